The largest absolute Gasteiger partial charge is 0.468 e. The van der Waals surface area contributed by atoms with Crippen molar-refractivity contribution in [3.05, 3.63) is 106 Å². The summed E-state index contributed by atoms with van der Waals surface area (Å²) in [6.45, 7) is 1.10. The van der Waals surface area contributed by atoms with E-state index in [1.165, 1.54) is 12.1 Å². The van der Waals surface area contributed by atoms with E-state index >= 15 is 0 Å². The van der Waals surface area contributed by atoms with Crippen molar-refractivity contribution in [2.75, 3.05) is 6.54 Å². The van der Waals surface area contributed by atoms with Gasteiger partial charge in [0.25, 0.3) is 0 Å². The number of hydrogen-bond donors (Lipinski definition) is 1. The van der Waals surface area contributed by atoms with Crippen LogP contribution in [0.2, 0.25) is 0 Å². The van der Waals surface area contributed by atoms with E-state index in [1.807, 2.05) is 46.7 Å². The highest BCUT2D eigenvalue weighted by Crippen LogP contribution is 2.26. The topological polar surface area (TPSA) is 58.6 Å². The molecule has 1 atom stereocenters. The summed E-state index contributed by atoms with van der Waals surface area (Å²) in [6.07, 6.45) is 3.23. The zero-order valence-corrected chi connectivity index (χ0v) is 17.0. The number of amides is 1. The first-order chi connectivity index (χ1) is 14.7. The number of thiophene rings is 1. The predicted molar refractivity (Wildman–Crippen MR) is 112 cm³/mol. The third-order valence-electron chi connectivity index (χ3n) is 4.62. The van der Waals surface area contributed by atoms with Gasteiger partial charge in [0.15, 0.2) is 0 Å². The first-order valence-corrected chi connectivity index (χ1v) is 10.4. The first kappa shape index (κ1) is 20.1. The number of halogens is 1. The second-order valence-electron chi connectivity index (χ2n) is 6.87. The van der Waals surface area contributed by atoms with Gasteiger partial charge in [-0.1, -0.05) is 18.2 Å². The van der Waals surface area contributed by atoms with Gasteiger partial charge in [-0.15, -0.1) is 11.3 Å². The van der Waals surface area contributed by atoms with Crippen LogP contribution in [0.4, 0.5) is 4.39 Å². The number of nitrogens with one attached hydrogen (secondary N) is 1. The fraction of sp³-hybridized carbons (Fsp3) is 0.174. The van der Waals surface area contributed by atoms with Crippen molar-refractivity contribution in [2.24, 2.45) is 0 Å². The van der Waals surface area contributed by atoms with Gasteiger partial charge in [0.1, 0.15) is 17.3 Å². The Bertz CT molecular complexity index is 993. The minimum Gasteiger partial charge on any atom is -0.468 e. The van der Waals surface area contributed by atoms with Crippen molar-refractivity contribution in [1.82, 2.24) is 10.2 Å². The Morgan fingerprint density at radius 1 is 0.967 bits per heavy atom. The third kappa shape index (κ3) is 5.25. The van der Waals surface area contributed by atoms with Gasteiger partial charge in [0.2, 0.25) is 5.91 Å². The number of carbonyl (C=O) groups excluding carboxylic acids is 1. The number of benzene rings is 1. The Kier molecular flexibility index (Phi) is 6.41. The van der Waals surface area contributed by atoms with E-state index in [-0.39, 0.29) is 24.3 Å². The van der Waals surface area contributed by atoms with Crippen molar-refractivity contribution in [3.63, 3.8) is 0 Å². The molecule has 0 aliphatic rings. The van der Waals surface area contributed by atoms with Crippen molar-refractivity contribution < 1.29 is 18.0 Å². The van der Waals surface area contributed by atoms with Crippen LogP contribution in [0, 0.1) is 5.82 Å². The normalized spacial score (nSPS) is 12.2. The monoisotopic (exact) mass is 424 g/mol. The van der Waals surface area contributed by atoms with Crippen LogP contribution in [-0.4, -0.2) is 17.4 Å². The molecule has 4 rings (SSSR count). The van der Waals surface area contributed by atoms with Crippen molar-refractivity contribution in [2.45, 2.75) is 19.1 Å². The molecular weight excluding hydrogens is 403 g/mol. The summed E-state index contributed by atoms with van der Waals surface area (Å²) < 4.78 is 24.3. The smallest absolute Gasteiger partial charge is 0.234 e. The van der Waals surface area contributed by atoms with Crippen LogP contribution in [0.1, 0.15) is 28.0 Å². The van der Waals surface area contributed by atoms with Crippen molar-refractivity contribution in [3.8, 4) is 0 Å². The molecule has 1 N–H and O–H groups in total. The molecule has 0 bridgehead atoms. The highest BCUT2D eigenvalue weighted by atomic mass is 32.1. The molecule has 5 nitrogen and oxygen atoms in total. The van der Waals surface area contributed by atoms with Crippen LogP contribution in [-0.2, 0) is 17.9 Å². The van der Waals surface area contributed by atoms with E-state index in [1.54, 1.807) is 36.0 Å². The van der Waals surface area contributed by atoms with Gasteiger partial charge in [-0.2, -0.15) is 0 Å². The number of furan rings is 2. The second kappa shape index (κ2) is 9.56. The van der Waals surface area contributed by atoms with E-state index in [9.17, 15) is 9.18 Å². The molecule has 0 radical (unpaired) electrons. The molecule has 1 amide bonds. The standard InChI is InChI=1S/C23H21FN2O3S/c24-18-9-7-17(8-10-18)23(21-6-3-13-30-21)25-22(27)16-26(14-19-4-1-11-28-19)15-20-5-2-12-29-20/h1-13,23H,14-16H2,(H,25,27). The molecule has 1 unspecified atom stereocenters. The van der Waals surface area contributed by atoms with E-state index in [0.29, 0.717) is 13.1 Å². The first-order valence-electron chi connectivity index (χ1n) is 9.53. The fourth-order valence-corrected chi connectivity index (χ4v) is 4.06. The van der Waals surface area contributed by atoms with Crippen LogP contribution < -0.4 is 5.32 Å². The summed E-state index contributed by atoms with van der Waals surface area (Å²) in [6, 6.07) is 17.2. The molecule has 1 aromatic carbocycles. The number of rotatable bonds is 9. The quantitative estimate of drug-likeness (QED) is 0.412. The molecule has 0 aliphatic carbocycles. The van der Waals surface area contributed by atoms with Crippen LogP contribution in [0.15, 0.2) is 87.4 Å². The molecule has 154 valence electrons. The Balaban J connectivity index is 1.49. The lowest BCUT2D eigenvalue weighted by Crippen LogP contribution is -2.38. The summed E-state index contributed by atoms with van der Waals surface area (Å²) in [5.74, 6) is 1.08. The van der Waals surface area contributed by atoms with E-state index in [0.717, 1.165) is 22.0 Å². The summed E-state index contributed by atoms with van der Waals surface area (Å²) in [5.41, 5.74) is 0.829. The zero-order chi connectivity index (χ0) is 20.8. The van der Waals surface area contributed by atoms with E-state index in [2.05, 4.69) is 5.32 Å². The SMILES string of the molecule is O=C(CN(Cc1ccco1)Cc1ccco1)NC(c1ccc(F)cc1)c1cccs1. The Morgan fingerprint density at radius 2 is 1.63 bits per heavy atom. The number of nitrogens with zero attached hydrogens (tertiary/aromatic N) is 1. The molecule has 4 aromatic rings. The maximum Gasteiger partial charge on any atom is 0.234 e. The Hall–Kier alpha value is -3.16. The lowest BCUT2D eigenvalue weighted by atomic mass is 10.1. The van der Waals surface area contributed by atoms with Gasteiger partial charge in [0.05, 0.1) is 38.2 Å². The summed E-state index contributed by atoms with van der Waals surface area (Å²) in [4.78, 5) is 15.9. The molecular formula is C23H21FN2O3S. The van der Waals surface area contributed by atoms with E-state index in [4.69, 9.17) is 8.83 Å². The molecule has 0 fully saturated rings. The van der Waals surface area contributed by atoms with Gasteiger partial charge in [-0.25, -0.2) is 4.39 Å². The lowest BCUT2D eigenvalue weighted by Gasteiger charge is -2.23. The molecule has 30 heavy (non-hydrogen) atoms. The second-order valence-corrected chi connectivity index (χ2v) is 7.85. The zero-order valence-electron chi connectivity index (χ0n) is 16.2. The van der Waals surface area contributed by atoms with Gasteiger partial charge < -0.3 is 14.2 Å². The van der Waals surface area contributed by atoms with Crippen LogP contribution in [0.5, 0.6) is 0 Å². The summed E-state index contributed by atoms with van der Waals surface area (Å²) in [7, 11) is 0. The molecule has 7 heteroatoms. The molecule has 3 heterocycles. The van der Waals surface area contributed by atoms with E-state index < -0.39 is 0 Å². The highest BCUT2D eigenvalue weighted by Gasteiger charge is 2.21. The van der Waals surface area contributed by atoms with Crippen molar-refractivity contribution in [1.29, 1.82) is 0 Å². The van der Waals surface area contributed by atoms with Gasteiger partial charge in [-0.05, 0) is 53.4 Å². The Labute approximate surface area is 177 Å². The minimum absolute atomic E-state index is 0.143. The van der Waals surface area contributed by atoms with Gasteiger partial charge in [0, 0.05) is 4.88 Å². The predicted octanol–water partition coefficient (Wildman–Crippen LogP) is 4.98. The molecule has 0 spiro atoms. The maximum atomic E-state index is 13.4. The van der Waals surface area contributed by atoms with Crippen molar-refractivity contribution >= 4 is 17.2 Å². The van der Waals surface area contributed by atoms with Gasteiger partial charge in [-0.3, -0.25) is 9.69 Å². The number of hydrogen-bond acceptors (Lipinski definition) is 5. The lowest BCUT2D eigenvalue weighted by molar-refractivity contribution is -0.123. The van der Waals surface area contributed by atoms with Crippen LogP contribution in [0.3, 0.4) is 0 Å². The fourth-order valence-electron chi connectivity index (χ4n) is 3.25. The molecule has 3 aromatic heterocycles. The van der Waals surface area contributed by atoms with Crippen LogP contribution in [0.25, 0.3) is 0 Å². The minimum atomic E-state index is -0.341. The summed E-state index contributed by atoms with van der Waals surface area (Å²) >= 11 is 1.55. The molecule has 0 aliphatic heterocycles. The number of carbonyl (C=O) groups is 1. The maximum absolute atomic E-state index is 13.4. The molecule has 0 saturated carbocycles. The highest BCUT2D eigenvalue weighted by molar-refractivity contribution is 7.10. The molecule has 0 saturated heterocycles. The third-order valence-corrected chi connectivity index (χ3v) is 5.56. The summed E-state index contributed by atoms with van der Waals surface area (Å²) in [5, 5.41) is 5.05. The van der Waals surface area contributed by atoms with Gasteiger partial charge >= 0.3 is 0 Å². The average molecular weight is 424 g/mol. The van der Waals surface area contributed by atoms with Crippen LogP contribution >= 0.6 is 11.3 Å². The Morgan fingerprint density at radius 3 is 2.17 bits per heavy atom. The average Bonchev–Trinajstić information content (AvgIpc) is 3.51.